The van der Waals surface area contributed by atoms with Gasteiger partial charge in [-0.15, -0.1) is 0 Å². The zero-order valence-corrected chi connectivity index (χ0v) is 15.3. The van der Waals surface area contributed by atoms with E-state index in [4.69, 9.17) is 4.42 Å². The summed E-state index contributed by atoms with van der Waals surface area (Å²) in [6, 6.07) is 7.65. The maximum Gasteiger partial charge on any atom is 0.272 e. The number of hydrogen-bond donors (Lipinski definition) is 1. The molecule has 1 aromatic carbocycles. The quantitative estimate of drug-likeness (QED) is 0.739. The fourth-order valence-corrected chi connectivity index (χ4v) is 2.93. The topological polar surface area (TPSA) is 77.1 Å². The second-order valence-electron chi connectivity index (χ2n) is 6.51. The predicted octanol–water partition coefficient (Wildman–Crippen LogP) is 2.66. The fraction of sp³-hybridized carbons (Fsp3) is 0.350. The lowest BCUT2D eigenvalue weighted by Crippen LogP contribution is -2.30. The molecule has 0 saturated heterocycles. The van der Waals surface area contributed by atoms with Crippen LogP contribution in [0.5, 0.6) is 0 Å². The SMILES string of the molecule is Cc1cc2nc(C)c(=O)n(CCC(=O)NCCc3ccco3)c2cc1C. The van der Waals surface area contributed by atoms with E-state index in [-0.39, 0.29) is 17.9 Å². The number of nitrogens with zero attached hydrogens (tertiary/aromatic N) is 2. The Morgan fingerprint density at radius 2 is 2.00 bits per heavy atom. The molecule has 0 aliphatic carbocycles. The van der Waals surface area contributed by atoms with Gasteiger partial charge in [0.2, 0.25) is 5.91 Å². The van der Waals surface area contributed by atoms with Crippen molar-refractivity contribution >= 4 is 16.9 Å². The van der Waals surface area contributed by atoms with Crippen molar-refractivity contribution in [3.63, 3.8) is 0 Å². The maximum atomic E-state index is 12.5. The third-order valence-corrected chi connectivity index (χ3v) is 4.56. The van der Waals surface area contributed by atoms with Crippen molar-refractivity contribution < 1.29 is 9.21 Å². The van der Waals surface area contributed by atoms with Crippen LogP contribution in [0.15, 0.2) is 39.7 Å². The Balaban J connectivity index is 1.71. The van der Waals surface area contributed by atoms with E-state index in [1.807, 2.05) is 38.1 Å². The van der Waals surface area contributed by atoms with E-state index in [9.17, 15) is 9.59 Å². The van der Waals surface area contributed by atoms with Gasteiger partial charge in [0.15, 0.2) is 0 Å². The lowest BCUT2D eigenvalue weighted by Gasteiger charge is -2.13. The Morgan fingerprint density at radius 1 is 1.23 bits per heavy atom. The summed E-state index contributed by atoms with van der Waals surface area (Å²) in [5.41, 5.74) is 4.07. The zero-order valence-electron chi connectivity index (χ0n) is 15.3. The van der Waals surface area contributed by atoms with E-state index in [1.54, 1.807) is 17.8 Å². The highest BCUT2D eigenvalue weighted by atomic mass is 16.3. The molecule has 0 spiro atoms. The number of aromatic nitrogens is 2. The van der Waals surface area contributed by atoms with Crippen molar-refractivity contribution in [1.29, 1.82) is 0 Å². The number of nitrogens with one attached hydrogen (secondary N) is 1. The van der Waals surface area contributed by atoms with Crippen LogP contribution < -0.4 is 10.9 Å². The van der Waals surface area contributed by atoms with Crippen molar-refractivity contribution in [1.82, 2.24) is 14.9 Å². The Labute approximate surface area is 151 Å². The molecule has 0 fully saturated rings. The summed E-state index contributed by atoms with van der Waals surface area (Å²) in [6.07, 6.45) is 2.50. The summed E-state index contributed by atoms with van der Waals surface area (Å²) in [4.78, 5) is 29.0. The van der Waals surface area contributed by atoms with Gasteiger partial charge >= 0.3 is 0 Å². The number of furan rings is 1. The van der Waals surface area contributed by atoms with Gasteiger partial charge in [0.1, 0.15) is 11.5 Å². The Bertz CT molecular complexity index is 988. The molecule has 2 heterocycles. The summed E-state index contributed by atoms with van der Waals surface area (Å²) in [5.74, 6) is 0.748. The monoisotopic (exact) mass is 353 g/mol. The molecule has 3 aromatic rings. The number of fused-ring (bicyclic) bond motifs is 1. The third kappa shape index (κ3) is 3.85. The van der Waals surface area contributed by atoms with Crippen LogP contribution in [-0.4, -0.2) is 22.0 Å². The van der Waals surface area contributed by atoms with Crippen LogP contribution in [0, 0.1) is 20.8 Å². The summed E-state index contributed by atoms with van der Waals surface area (Å²) in [6.45, 7) is 6.57. The third-order valence-electron chi connectivity index (χ3n) is 4.56. The first kappa shape index (κ1) is 17.9. The first-order valence-corrected chi connectivity index (χ1v) is 8.73. The minimum Gasteiger partial charge on any atom is -0.469 e. The molecule has 0 aliphatic heterocycles. The van der Waals surface area contributed by atoms with Gasteiger partial charge in [-0.3, -0.25) is 9.59 Å². The van der Waals surface area contributed by atoms with Crippen LogP contribution in [0.25, 0.3) is 11.0 Å². The summed E-state index contributed by atoms with van der Waals surface area (Å²) < 4.78 is 6.89. The smallest absolute Gasteiger partial charge is 0.272 e. The highest BCUT2D eigenvalue weighted by Crippen LogP contribution is 2.17. The number of benzene rings is 1. The summed E-state index contributed by atoms with van der Waals surface area (Å²) in [5, 5.41) is 2.86. The van der Waals surface area contributed by atoms with Crippen LogP contribution in [0.1, 0.15) is 29.0 Å². The van der Waals surface area contributed by atoms with E-state index in [2.05, 4.69) is 10.3 Å². The van der Waals surface area contributed by atoms with Gasteiger partial charge in [-0.25, -0.2) is 4.98 Å². The van der Waals surface area contributed by atoms with Gasteiger partial charge in [-0.05, 0) is 56.2 Å². The number of carbonyl (C=O) groups is 1. The highest BCUT2D eigenvalue weighted by Gasteiger charge is 2.11. The molecule has 6 nitrogen and oxygen atoms in total. The predicted molar refractivity (Wildman–Crippen MR) is 100 cm³/mol. The van der Waals surface area contributed by atoms with Gasteiger partial charge in [0, 0.05) is 25.9 Å². The van der Waals surface area contributed by atoms with Crippen LogP contribution in [0.2, 0.25) is 0 Å². The Hall–Kier alpha value is -2.89. The number of hydrogen-bond acceptors (Lipinski definition) is 4. The second kappa shape index (κ2) is 7.56. The molecule has 1 N–H and O–H groups in total. The molecule has 3 rings (SSSR count). The summed E-state index contributed by atoms with van der Waals surface area (Å²) in [7, 11) is 0. The van der Waals surface area contributed by atoms with Crippen molar-refractivity contribution in [3.05, 3.63) is 63.5 Å². The van der Waals surface area contributed by atoms with E-state index in [0.29, 0.717) is 25.2 Å². The van der Waals surface area contributed by atoms with Crippen molar-refractivity contribution in [2.24, 2.45) is 0 Å². The van der Waals surface area contributed by atoms with E-state index in [1.165, 1.54) is 0 Å². The van der Waals surface area contributed by atoms with E-state index >= 15 is 0 Å². The number of aryl methyl sites for hydroxylation is 4. The Morgan fingerprint density at radius 3 is 2.73 bits per heavy atom. The molecule has 0 atom stereocenters. The molecule has 1 amide bonds. The molecule has 0 radical (unpaired) electrons. The maximum absolute atomic E-state index is 12.5. The summed E-state index contributed by atoms with van der Waals surface area (Å²) >= 11 is 0. The molecule has 0 saturated carbocycles. The van der Waals surface area contributed by atoms with Crippen molar-refractivity contribution in [3.8, 4) is 0 Å². The van der Waals surface area contributed by atoms with Crippen LogP contribution >= 0.6 is 0 Å². The largest absolute Gasteiger partial charge is 0.469 e. The van der Waals surface area contributed by atoms with Crippen LogP contribution in [0.4, 0.5) is 0 Å². The number of carbonyl (C=O) groups excluding carboxylic acids is 1. The first-order valence-electron chi connectivity index (χ1n) is 8.73. The van der Waals surface area contributed by atoms with Gasteiger partial charge in [-0.1, -0.05) is 0 Å². The van der Waals surface area contributed by atoms with Crippen molar-refractivity contribution in [2.45, 2.75) is 40.2 Å². The average molecular weight is 353 g/mol. The molecule has 6 heteroatoms. The molecule has 2 aromatic heterocycles. The number of rotatable bonds is 6. The van der Waals surface area contributed by atoms with Gasteiger partial charge < -0.3 is 14.3 Å². The molecule has 0 aliphatic rings. The van der Waals surface area contributed by atoms with E-state index in [0.717, 1.165) is 27.9 Å². The van der Waals surface area contributed by atoms with Crippen LogP contribution in [-0.2, 0) is 17.8 Å². The van der Waals surface area contributed by atoms with Crippen molar-refractivity contribution in [2.75, 3.05) is 6.54 Å². The van der Waals surface area contributed by atoms with Crippen LogP contribution in [0.3, 0.4) is 0 Å². The van der Waals surface area contributed by atoms with E-state index < -0.39 is 0 Å². The number of amides is 1. The second-order valence-corrected chi connectivity index (χ2v) is 6.51. The zero-order chi connectivity index (χ0) is 18.7. The van der Waals surface area contributed by atoms with Gasteiger partial charge in [-0.2, -0.15) is 0 Å². The van der Waals surface area contributed by atoms with Gasteiger partial charge in [0.25, 0.3) is 5.56 Å². The first-order chi connectivity index (χ1) is 12.5. The molecular formula is C20H23N3O3. The standard InChI is InChI=1S/C20H23N3O3/c1-13-11-17-18(12-14(13)2)23(20(25)15(3)22-17)9-7-19(24)21-8-6-16-5-4-10-26-16/h4-5,10-12H,6-9H2,1-3H3,(H,21,24). The minimum atomic E-state index is -0.149. The van der Waals surface area contributed by atoms with Gasteiger partial charge in [0.05, 0.1) is 17.3 Å². The molecule has 26 heavy (non-hydrogen) atoms. The molecule has 0 bridgehead atoms. The molecule has 0 unspecified atom stereocenters. The molecular weight excluding hydrogens is 330 g/mol. The minimum absolute atomic E-state index is 0.0881. The Kier molecular flexibility index (Phi) is 5.21. The normalized spacial score (nSPS) is 11.0. The molecule has 136 valence electrons. The fourth-order valence-electron chi connectivity index (χ4n) is 2.93. The lowest BCUT2D eigenvalue weighted by molar-refractivity contribution is -0.121. The average Bonchev–Trinajstić information content (AvgIpc) is 3.11. The highest BCUT2D eigenvalue weighted by molar-refractivity contribution is 5.78. The lowest BCUT2D eigenvalue weighted by atomic mass is 10.1.